The van der Waals surface area contributed by atoms with Crippen molar-refractivity contribution >= 4 is 5.97 Å². The first-order valence-electron chi connectivity index (χ1n) is 6.85. The van der Waals surface area contributed by atoms with Gasteiger partial charge in [-0.25, -0.2) is 9.48 Å². The summed E-state index contributed by atoms with van der Waals surface area (Å²) in [7, 11) is 1.33. The first kappa shape index (κ1) is 15.0. The van der Waals surface area contributed by atoms with Crippen LogP contribution in [-0.4, -0.2) is 34.7 Å². The van der Waals surface area contributed by atoms with Crippen molar-refractivity contribution in [3.05, 3.63) is 41.2 Å². The lowest BCUT2D eigenvalue weighted by Gasteiger charge is -2.08. The average Bonchev–Trinajstić information content (AvgIpc) is 2.91. The second-order valence-corrected chi connectivity index (χ2v) is 4.61. The highest BCUT2D eigenvalue weighted by Crippen LogP contribution is 2.12. The Hall–Kier alpha value is -2.37. The monoisotopic (exact) mass is 289 g/mol. The van der Waals surface area contributed by atoms with Crippen molar-refractivity contribution in [2.75, 3.05) is 13.7 Å². The minimum Gasteiger partial charge on any atom is -0.492 e. The lowest BCUT2D eigenvalue weighted by atomic mass is 10.2. The van der Waals surface area contributed by atoms with Crippen molar-refractivity contribution in [2.24, 2.45) is 0 Å². The van der Waals surface area contributed by atoms with Gasteiger partial charge < -0.3 is 9.47 Å². The molecule has 0 spiro atoms. The highest BCUT2D eigenvalue weighted by atomic mass is 16.5. The zero-order valence-corrected chi connectivity index (χ0v) is 12.5. The van der Waals surface area contributed by atoms with Crippen molar-refractivity contribution < 1.29 is 14.3 Å². The van der Waals surface area contributed by atoms with Crippen molar-refractivity contribution in [3.8, 4) is 5.75 Å². The quantitative estimate of drug-likeness (QED) is 0.761. The molecule has 1 aromatic heterocycles. The lowest BCUT2D eigenvalue weighted by molar-refractivity contribution is 0.0592. The van der Waals surface area contributed by atoms with E-state index in [1.165, 1.54) is 12.7 Å². The zero-order chi connectivity index (χ0) is 15.2. The van der Waals surface area contributed by atoms with Crippen LogP contribution in [0.3, 0.4) is 0 Å². The van der Waals surface area contributed by atoms with Gasteiger partial charge in [0.2, 0.25) is 0 Å². The summed E-state index contributed by atoms with van der Waals surface area (Å²) in [6.45, 7) is 4.96. The molecule has 6 nitrogen and oxygen atoms in total. The van der Waals surface area contributed by atoms with E-state index < -0.39 is 5.97 Å². The second-order valence-electron chi connectivity index (χ2n) is 4.61. The maximum Gasteiger partial charge on any atom is 0.360 e. The van der Waals surface area contributed by atoms with E-state index >= 15 is 0 Å². The van der Waals surface area contributed by atoms with Crippen LogP contribution < -0.4 is 4.74 Å². The highest BCUT2D eigenvalue weighted by molar-refractivity contribution is 5.88. The summed E-state index contributed by atoms with van der Waals surface area (Å²) < 4.78 is 12.0. The standard InChI is InChI=1S/C15H19N3O3/c1-4-13-14(15(19)20-3)16-17-18(13)9-10-21-12-7-5-11(2)6-8-12/h5-8H,4,9-10H2,1-3H3. The van der Waals surface area contributed by atoms with Crippen molar-refractivity contribution in [2.45, 2.75) is 26.8 Å². The third-order valence-electron chi connectivity index (χ3n) is 3.14. The van der Waals surface area contributed by atoms with Gasteiger partial charge in [0.25, 0.3) is 0 Å². The highest BCUT2D eigenvalue weighted by Gasteiger charge is 2.18. The molecule has 0 unspecified atom stereocenters. The summed E-state index contributed by atoms with van der Waals surface area (Å²) in [5.74, 6) is 0.351. The molecule has 0 saturated heterocycles. The van der Waals surface area contributed by atoms with E-state index in [1.54, 1.807) is 4.68 Å². The Morgan fingerprint density at radius 3 is 2.62 bits per heavy atom. The van der Waals surface area contributed by atoms with Gasteiger partial charge in [0.1, 0.15) is 12.4 Å². The predicted molar refractivity (Wildman–Crippen MR) is 77.4 cm³/mol. The first-order chi connectivity index (χ1) is 10.2. The van der Waals surface area contributed by atoms with Crippen LogP contribution >= 0.6 is 0 Å². The molecular formula is C15H19N3O3. The number of carbonyl (C=O) groups excluding carboxylic acids is 1. The molecule has 0 radical (unpaired) electrons. The molecule has 0 bridgehead atoms. The van der Waals surface area contributed by atoms with Gasteiger partial charge in [0.15, 0.2) is 5.69 Å². The Kier molecular flexibility index (Phi) is 4.92. The van der Waals surface area contributed by atoms with Gasteiger partial charge in [0.05, 0.1) is 19.3 Å². The van der Waals surface area contributed by atoms with Gasteiger partial charge in [-0.2, -0.15) is 0 Å². The summed E-state index contributed by atoms with van der Waals surface area (Å²) in [5, 5.41) is 7.86. The number of hydrogen-bond acceptors (Lipinski definition) is 5. The third kappa shape index (κ3) is 3.59. The van der Waals surface area contributed by atoms with Crippen LogP contribution in [0.1, 0.15) is 28.7 Å². The molecule has 2 rings (SSSR count). The summed E-state index contributed by atoms with van der Waals surface area (Å²) in [6, 6.07) is 7.85. The van der Waals surface area contributed by atoms with E-state index in [-0.39, 0.29) is 5.69 Å². The molecule has 2 aromatic rings. The molecule has 1 heterocycles. The Morgan fingerprint density at radius 2 is 2.00 bits per heavy atom. The Labute approximate surface area is 123 Å². The second kappa shape index (κ2) is 6.88. The number of methoxy groups -OCH3 is 1. The van der Waals surface area contributed by atoms with E-state index in [9.17, 15) is 4.79 Å². The molecule has 0 amide bonds. The zero-order valence-electron chi connectivity index (χ0n) is 12.5. The van der Waals surface area contributed by atoms with E-state index in [1.807, 2.05) is 38.1 Å². The maximum absolute atomic E-state index is 11.6. The van der Waals surface area contributed by atoms with Crippen LogP contribution in [0.15, 0.2) is 24.3 Å². The van der Waals surface area contributed by atoms with E-state index in [2.05, 4.69) is 10.3 Å². The largest absolute Gasteiger partial charge is 0.492 e. The minimum absolute atomic E-state index is 0.273. The number of hydrogen-bond donors (Lipinski definition) is 0. The summed E-state index contributed by atoms with van der Waals surface area (Å²) in [6.07, 6.45) is 0.655. The summed E-state index contributed by atoms with van der Waals surface area (Å²) in [5.41, 5.74) is 2.22. The molecule has 0 N–H and O–H groups in total. The van der Waals surface area contributed by atoms with Crippen LogP contribution in [0.5, 0.6) is 5.75 Å². The lowest BCUT2D eigenvalue weighted by Crippen LogP contribution is -2.13. The average molecular weight is 289 g/mol. The number of benzene rings is 1. The molecule has 21 heavy (non-hydrogen) atoms. The normalized spacial score (nSPS) is 10.4. The van der Waals surface area contributed by atoms with Crippen LogP contribution in [0.4, 0.5) is 0 Å². The first-order valence-corrected chi connectivity index (χ1v) is 6.85. The molecule has 0 aliphatic heterocycles. The number of ether oxygens (including phenoxy) is 2. The Morgan fingerprint density at radius 1 is 1.29 bits per heavy atom. The fraction of sp³-hybridized carbons (Fsp3) is 0.400. The molecule has 0 saturated carbocycles. The number of aryl methyl sites for hydroxylation is 1. The topological polar surface area (TPSA) is 66.2 Å². The maximum atomic E-state index is 11.6. The van der Waals surface area contributed by atoms with Gasteiger partial charge in [-0.05, 0) is 25.5 Å². The van der Waals surface area contributed by atoms with E-state index in [0.717, 1.165) is 11.4 Å². The van der Waals surface area contributed by atoms with Crippen LogP contribution in [-0.2, 0) is 17.7 Å². The fourth-order valence-electron chi connectivity index (χ4n) is 2.00. The third-order valence-corrected chi connectivity index (χ3v) is 3.14. The number of carbonyl (C=O) groups is 1. The van der Waals surface area contributed by atoms with E-state index in [0.29, 0.717) is 19.6 Å². The molecule has 0 fully saturated rings. The molecule has 112 valence electrons. The number of esters is 1. The van der Waals surface area contributed by atoms with Crippen LogP contribution in [0.2, 0.25) is 0 Å². The summed E-state index contributed by atoms with van der Waals surface area (Å²) >= 11 is 0. The van der Waals surface area contributed by atoms with Gasteiger partial charge in [0, 0.05) is 0 Å². The smallest absolute Gasteiger partial charge is 0.360 e. The van der Waals surface area contributed by atoms with Gasteiger partial charge in [-0.1, -0.05) is 29.8 Å². The van der Waals surface area contributed by atoms with Gasteiger partial charge in [-0.15, -0.1) is 5.10 Å². The molecule has 0 aliphatic rings. The molecule has 0 atom stereocenters. The van der Waals surface area contributed by atoms with Crippen molar-refractivity contribution in [1.29, 1.82) is 0 Å². The van der Waals surface area contributed by atoms with Crippen molar-refractivity contribution in [1.82, 2.24) is 15.0 Å². The minimum atomic E-state index is -0.461. The number of nitrogens with zero attached hydrogens (tertiary/aromatic N) is 3. The fourth-order valence-corrected chi connectivity index (χ4v) is 2.00. The Balaban J connectivity index is 1.98. The van der Waals surface area contributed by atoms with Crippen LogP contribution in [0, 0.1) is 6.92 Å². The number of aromatic nitrogens is 3. The molecule has 1 aromatic carbocycles. The molecular weight excluding hydrogens is 270 g/mol. The predicted octanol–water partition coefficient (Wildman–Crippen LogP) is 2.01. The number of rotatable bonds is 6. The Bertz CT molecular complexity index is 605. The van der Waals surface area contributed by atoms with Crippen molar-refractivity contribution in [3.63, 3.8) is 0 Å². The summed E-state index contributed by atoms with van der Waals surface area (Å²) in [4.78, 5) is 11.6. The van der Waals surface area contributed by atoms with Crippen LogP contribution in [0.25, 0.3) is 0 Å². The van der Waals surface area contributed by atoms with E-state index in [4.69, 9.17) is 9.47 Å². The SMILES string of the molecule is CCc1c(C(=O)OC)nnn1CCOc1ccc(C)cc1. The van der Waals surface area contributed by atoms with Gasteiger partial charge in [-0.3, -0.25) is 0 Å². The molecule has 6 heteroatoms. The molecule has 0 aliphatic carbocycles. The van der Waals surface area contributed by atoms with Gasteiger partial charge >= 0.3 is 5.97 Å².